The van der Waals surface area contributed by atoms with Crippen LogP contribution in [0.3, 0.4) is 0 Å². The van der Waals surface area contributed by atoms with E-state index in [0.29, 0.717) is 5.56 Å². The number of hydrogen-bond acceptors (Lipinski definition) is 5. The van der Waals surface area contributed by atoms with Crippen LogP contribution in [0.4, 0.5) is 13.2 Å². The van der Waals surface area contributed by atoms with Gasteiger partial charge in [-0.3, -0.25) is 13.8 Å². The van der Waals surface area contributed by atoms with Crippen LogP contribution >= 0.6 is 11.6 Å². The fourth-order valence-corrected chi connectivity index (χ4v) is 4.75. The Balaban J connectivity index is 1.83. The van der Waals surface area contributed by atoms with Crippen molar-refractivity contribution in [3.8, 4) is 5.69 Å². The lowest BCUT2D eigenvalue weighted by molar-refractivity contribution is -0.137. The SMILES string of the molecule is O=c1c2nnc(S(=O)(=O)Cc3ccccc3)n2ccn1-c1cccc(C(F)(F)F)c1Cl. The van der Waals surface area contributed by atoms with E-state index in [1.54, 1.807) is 30.3 Å². The number of nitrogens with zero attached hydrogens (tertiary/aromatic N) is 4. The molecule has 0 atom stereocenters. The Kier molecular flexibility index (Phi) is 5.10. The van der Waals surface area contributed by atoms with Gasteiger partial charge in [-0.05, 0) is 17.7 Å². The average molecular weight is 469 g/mol. The summed E-state index contributed by atoms with van der Waals surface area (Å²) in [5, 5.41) is 6.16. The van der Waals surface area contributed by atoms with E-state index >= 15 is 0 Å². The van der Waals surface area contributed by atoms with E-state index in [1.165, 1.54) is 12.3 Å². The Hall–Kier alpha value is -3.18. The second kappa shape index (κ2) is 7.50. The number of rotatable bonds is 4. The Labute approximate surface area is 178 Å². The summed E-state index contributed by atoms with van der Waals surface area (Å²) in [6, 6.07) is 11.5. The standard InChI is InChI=1S/C19H12ClF3N4O3S/c20-15-13(19(21,22)23)7-4-8-14(15)26-9-10-27-16(17(26)28)24-25-18(27)31(29,30)11-12-5-2-1-3-6-12/h1-10H,11H2. The lowest BCUT2D eigenvalue weighted by Gasteiger charge is -2.13. The fraction of sp³-hybridized carbons (Fsp3) is 0.105. The molecule has 0 unspecified atom stereocenters. The Morgan fingerprint density at radius 3 is 2.35 bits per heavy atom. The van der Waals surface area contributed by atoms with Gasteiger partial charge in [0.05, 0.1) is 22.0 Å². The lowest BCUT2D eigenvalue weighted by atomic mass is 10.2. The molecular formula is C19H12ClF3N4O3S. The van der Waals surface area contributed by atoms with Gasteiger partial charge in [0, 0.05) is 12.4 Å². The number of fused-ring (bicyclic) bond motifs is 1. The average Bonchev–Trinajstić information content (AvgIpc) is 3.14. The third-order valence-corrected chi connectivity index (χ3v) is 6.41. The summed E-state index contributed by atoms with van der Waals surface area (Å²) in [4.78, 5) is 12.8. The smallest absolute Gasteiger partial charge is 0.278 e. The van der Waals surface area contributed by atoms with Gasteiger partial charge in [-0.15, -0.1) is 10.2 Å². The molecule has 2 heterocycles. The van der Waals surface area contributed by atoms with E-state index in [9.17, 15) is 26.4 Å². The summed E-state index contributed by atoms with van der Waals surface area (Å²) in [6.45, 7) is 0. The Morgan fingerprint density at radius 2 is 1.68 bits per heavy atom. The van der Waals surface area contributed by atoms with E-state index in [-0.39, 0.29) is 17.1 Å². The predicted molar refractivity (Wildman–Crippen MR) is 106 cm³/mol. The molecule has 7 nitrogen and oxygen atoms in total. The van der Waals surface area contributed by atoms with Gasteiger partial charge in [0.15, 0.2) is 0 Å². The molecule has 0 aliphatic heterocycles. The van der Waals surface area contributed by atoms with Crippen LogP contribution in [0, 0.1) is 0 Å². The summed E-state index contributed by atoms with van der Waals surface area (Å²) in [7, 11) is -3.96. The van der Waals surface area contributed by atoms with Crippen LogP contribution in [-0.4, -0.2) is 27.6 Å². The first-order chi connectivity index (χ1) is 14.6. The van der Waals surface area contributed by atoms with Crippen molar-refractivity contribution in [1.29, 1.82) is 0 Å². The highest BCUT2D eigenvalue weighted by atomic mass is 35.5. The number of halogens is 4. The number of aromatic nitrogens is 4. The largest absolute Gasteiger partial charge is 0.417 e. The van der Waals surface area contributed by atoms with Gasteiger partial charge < -0.3 is 0 Å². The molecule has 0 N–H and O–H groups in total. The first-order valence-corrected chi connectivity index (χ1v) is 10.7. The third kappa shape index (κ3) is 3.81. The van der Waals surface area contributed by atoms with E-state index in [1.807, 2.05) is 0 Å². The summed E-state index contributed by atoms with van der Waals surface area (Å²) in [5.74, 6) is -0.364. The van der Waals surface area contributed by atoms with E-state index in [4.69, 9.17) is 11.6 Å². The minimum atomic E-state index is -4.71. The number of sulfone groups is 1. The van der Waals surface area contributed by atoms with Crippen molar-refractivity contribution in [2.75, 3.05) is 0 Å². The van der Waals surface area contributed by atoms with Crippen molar-refractivity contribution in [2.24, 2.45) is 0 Å². The molecule has 0 radical (unpaired) electrons. The van der Waals surface area contributed by atoms with Crippen molar-refractivity contribution < 1.29 is 21.6 Å². The summed E-state index contributed by atoms with van der Waals surface area (Å²) < 4.78 is 66.8. The Bertz CT molecular complexity index is 1450. The summed E-state index contributed by atoms with van der Waals surface area (Å²) >= 11 is 5.90. The maximum atomic E-state index is 13.1. The van der Waals surface area contributed by atoms with Crippen LogP contribution < -0.4 is 5.56 Å². The highest BCUT2D eigenvalue weighted by Gasteiger charge is 2.34. The molecule has 0 saturated carbocycles. The molecule has 160 valence electrons. The van der Waals surface area contributed by atoms with Crippen LogP contribution in [0.15, 0.2) is 70.9 Å². The zero-order chi connectivity index (χ0) is 22.4. The van der Waals surface area contributed by atoms with E-state index in [2.05, 4.69) is 10.2 Å². The van der Waals surface area contributed by atoms with Gasteiger partial charge in [-0.2, -0.15) is 13.2 Å². The summed E-state index contributed by atoms with van der Waals surface area (Å²) in [5.41, 5.74) is -2.06. The molecule has 0 fully saturated rings. The minimum absolute atomic E-state index is 0.222. The first-order valence-electron chi connectivity index (χ1n) is 8.69. The van der Waals surface area contributed by atoms with Gasteiger partial charge in [-0.25, -0.2) is 8.42 Å². The van der Waals surface area contributed by atoms with Crippen LogP contribution in [0.1, 0.15) is 11.1 Å². The zero-order valence-electron chi connectivity index (χ0n) is 15.4. The number of benzene rings is 2. The molecule has 31 heavy (non-hydrogen) atoms. The molecule has 4 rings (SSSR count). The maximum Gasteiger partial charge on any atom is 0.417 e. The maximum absolute atomic E-state index is 13.1. The zero-order valence-corrected chi connectivity index (χ0v) is 17.0. The van der Waals surface area contributed by atoms with Gasteiger partial charge in [0.2, 0.25) is 15.5 Å². The highest BCUT2D eigenvalue weighted by Crippen LogP contribution is 2.37. The fourth-order valence-electron chi connectivity index (χ4n) is 3.05. The van der Waals surface area contributed by atoms with Crippen LogP contribution in [0.25, 0.3) is 11.3 Å². The molecule has 2 aromatic carbocycles. The predicted octanol–water partition coefficient (Wildman–Crippen LogP) is 3.53. The van der Waals surface area contributed by atoms with Crippen molar-refractivity contribution in [1.82, 2.24) is 19.2 Å². The van der Waals surface area contributed by atoms with E-state index in [0.717, 1.165) is 27.3 Å². The van der Waals surface area contributed by atoms with Gasteiger partial charge in [-0.1, -0.05) is 48.0 Å². The molecule has 12 heteroatoms. The number of hydrogen-bond donors (Lipinski definition) is 0. The van der Waals surface area contributed by atoms with Gasteiger partial charge >= 0.3 is 11.7 Å². The van der Waals surface area contributed by atoms with Crippen LogP contribution in [0.5, 0.6) is 0 Å². The van der Waals surface area contributed by atoms with Crippen LogP contribution in [0.2, 0.25) is 5.02 Å². The highest BCUT2D eigenvalue weighted by molar-refractivity contribution is 7.90. The molecule has 0 bridgehead atoms. The van der Waals surface area contributed by atoms with Crippen molar-refractivity contribution in [2.45, 2.75) is 17.1 Å². The summed E-state index contributed by atoms with van der Waals surface area (Å²) in [6.07, 6.45) is -2.42. The Morgan fingerprint density at radius 1 is 0.968 bits per heavy atom. The normalized spacial score (nSPS) is 12.4. The van der Waals surface area contributed by atoms with Crippen molar-refractivity contribution >= 4 is 27.1 Å². The quantitative estimate of drug-likeness (QED) is 0.457. The van der Waals surface area contributed by atoms with Crippen molar-refractivity contribution in [3.05, 3.63) is 87.4 Å². The van der Waals surface area contributed by atoms with Gasteiger partial charge in [0.25, 0.3) is 5.16 Å². The van der Waals surface area contributed by atoms with E-state index < -0.39 is 37.3 Å². The minimum Gasteiger partial charge on any atom is -0.278 e. The molecular weight excluding hydrogens is 457 g/mol. The molecule has 0 saturated heterocycles. The first kappa shape index (κ1) is 21.1. The molecule has 0 amide bonds. The number of alkyl halides is 3. The second-order valence-corrected chi connectivity index (χ2v) is 8.79. The molecule has 0 aliphatic carbocycles. The lowest BCUT2D eigenvalue weighted by Crippen LogP contribution is -2.22. The second-order valence-electron chi connectivity index (χ2n) is 6.53. The van der Waals surface area contributed by atoms with Crippen molar-refractivity contribution in [3.63, 3.8) is 0 Å². The molecule has 0 aliphatic rings. The molecule has 0 spiro atoms. The third-order valence-electron chi connectivity index (χ3n) is 4.46. The topological polar surface area (TPSA) is 86.3 Å². The van der Waals surface area contributed by atoms with Gasteiger partial charge in [0.1, 0.15) is 0 Å². The monoisotopic (exact) mass is 468 g/mol. The molecule has 4 aromatic rings. The van der Waals surface area contributed by atoms with Crippen LogP contribution in [-0.2, 0) is 21.8 Å². The molecule has 2 aromatic heterocycles.